The molecule has 0 bridgehead atoms. The van der Waals surface area contributed by atoms with E-state index in [1.807, 2.05) is 13.8 Å². The maximum atomic E-state index is 12.0. The van der Waals surface area contributed by atoms with Crippen molar-refractivity contribution in [1.29, 1.82) is 0 Å². The van der Waals surface area contributed by atoms with E-state index >= 15 is 0 Å². The highest BCUT2D eigenvalue weighted by molar-refractivity contribution is 6.03. The Morgan fingerprint density at radius 2 is 1.95 bits per heavy atom. The van der Waals surface area contributed by atoms with Crippen molar-refractivity contribution in [3.05, 3.63) is 34.6 Å². The summed E-state index contributed by atoms with van der Waals surface area (Å²) in [6, 6.07) is 3.48. The molecule has 2 aromatic rings. The molecule has 0 atom stereocenters. The summed E-state index contributed by atoms with van der Waals surface area (Å²) in [7, 11) is 0. The summed E-state index contributed by atoms with van der Waals surface area (Å²) in [6.45, 7) is 5.48. The second-order valence-electron chi connectivity index (χ2n) is 4.70. The molecule has 0 radical (unpaired) electrons. The molecule has 19 heavy (non-hydrogen) atoms. The van der Waals surface area contributed by atoms with Crippen LogP contribution >= 0.6 is 0 Å². The van der Waals surface area contributed by atoms with E-state index in [1.165, 1.54) is 0 Å². The van der Waals surface area contributed by atoms with Crippen LogP contribution in [-0.4, -0.2) is 16.9 Å². The molecule has 0 aliphatic carbocycles. The zero-order valence-electron chi connectivity index (χ0n) is 11.2. The monoisotopic (exact) mass is 260 g/mol. The molecule has 0 amide bonds. The highest BCUT2D eigenvalue weighted by atomic mass is 16.4. The fourth-order valence-corrected chi connectivity index (χ4v) is 2.23. The zero-order valence-corrected chi connectivity index (χ0v) is 11.2. The molecule has 4 heteroatoms. The van der Waals surface area contributed by atoms with Gasteiger partial charge >= 0.3 is 5.97 Å². The lowest BCUT2D eigenvalue weighted by Crippen LogP contribution is -2.01. The van der Waals surface area contributed by atoms with Gasteiger partial charge in [0.2, 0.25) is 5.76 Å². The van der Waals surface area contributed by atoms with Crippen molar-refractivity contribution in [3.8, 4) is 0 Å². The number of rotatable bonds is 4. The third-order valence-electron chi connectivity index (χ3n) is 3.25. The van der Waals surface area contributed by atoms with Crippen LogP contribution in [0.2, 0.25) is 0 Å². The van der Waals surface area contributed by atoms with E-state index in [0.717, 1.165) is 12.0 Å². The van der Waals surface area contributed by atoms with E-state index in [2.05, 4.69) is 0 Å². The van der Waals surface area contributed by atoms with Crippen LogP contribution in [0.15, 0.2) is 16.5 Å². The summed E-state index contributed by atoms with van der Waals surface area (Å²) in [5.74, 6) is -1.07. The molecular formula is C15H16O4. The highest BCUT2D eigenvalue weighted by Crippen LogP contribution is 2.28. The third kappa shape index (κ3) is 2.26. The van der Waals surface area contributed by atoms with Gasteiger partial charge in [-0.05, 0) is 38.0 Å². The lowest BCUT2D eigenvalue weighted by molar-refractivity contribution is 0.0663. The van der Waals surface area contributed by atoms with Gasteiger partial charge in [-0.2, -0.15) is 0 Å². The molecule has 0 aliphatic heterocycles. The van der Waals surface area contributed by atoms with Gasteiger partial charge in [0.1, 0.15) is 5.58 Å². The predicted octanol–water partition coefficient (Wildman–Crippen LogP) is 3.73. The summed E-state index contributed by atoms with van der Waals surface area (Å²) in [6.07, 6.45) is 1.29. The van der Waals surface area contributed by atoms with Gasteiger partial charge in [-0.15, -0.1) is 0 Å². The van der Waals surface area contributed by atoms with Gasteiger partial charge in [-0.3, -0.25) is 4.79 Å². The second-order valence-corrected chi connectivity index (χ2v) is 4.70. The Morgan fingerprint density at radius 1 is 1.26 bits per heavy atom. The number of ketones is 1. The Bertz CT molecular complexity index is 664. The summed E-state index contributed by atoms with van der Waals surface area (Å²) >= 11 is 0. The molecule has 0 spiro atoms. The Kier molecular flexibility index (Phi) is 3.42. The number of furan rings is 1. The molecule has 0 aliphatic rings. The number of benzene rings is 1. The van der Waals surface area contributed by atoms with E-state index in [1.54, 1.807) is 19.1 Å². The van der Waals surface area contributed by atoms with Crippen molar-refractivity contribution in [2.75, 3.05) is 0 Å². The van der Waals surface area contributed by atoms with Crippen LogP contribution in [0, 0.1) is 13.8 Å². The lowest BCUT2D eigenvalue weighted by atomic mass is 9.98. The van der Waals surface area contributed by atoms with Gasteiger partial charge in [0.25, 0.3) is 0 Å². The van der Waals surface area contributed by atoms with Crippen molar-refractivity contribution in [3.63, 3.8) is 0 Å². The Morgan fingerprint density at radius 3 is 2.53 bits per heavy atom. The predicted molar refractivity (Wildman–Crippen MR) is 71.9 cm³/mol. The molecule has 0 fully saturated rings. The summed E-state index contributed by atoms with van der Waals surface area (Å²) in [5.41, 5.74) is 2.54. The first kappa shape index (κ1) is 13.3. The molecule has 0 unspecified atom stereocenters. The minimum atomic E-state index is -1.09. The number of hydrogen-bond acceptors (Lipinski definition) is 3. The Labute approximate surface area is 111 Å². The fraction of sp³-hybridized carbons (Fsp3) is 0.333. The van der Waals surface area contributed by atoms with Crippen LogP contribution in [0.25, 0.3) is 11.0 Å². The van der Waals surface area contributed by atoms with Gasteiger partial charge in [0, 0.05) is 22.9 Å². The van der Waals surface area contributed by atoms with E-state index in [9.17, 15) is 9.59 Å². The average Bonchev–Trinajstić information content (AvgIpc) is 2.65. The Hall–Kier alpha value is -2.10. The minimum absolute atomic E-state index is 0.0607. The van der Waals surface area contributed by atoms with Crippen molar-refractivity contribution in [2.45, 2.75) is 33.6 Å². The number of fused-ring (bicyclic) bond motifs is 1. The summed E-state index contributed by atoms with van der Waals surface area (Å²) in [4.78, 5) is 23.1. The van der Waals surface area contributed by atoms with Gasteiger partial charge in [0.15, 0.2) is 5.78 Å². The molecule has 100 valence electrons. The molecule has 1 N–H and O–H groups in total. The fourth-order valence-electron chi connectivity index (χ4n) is 2.23. The van der Waals surface area contributed by atoms with E-state index < -0.39 is 5.97 Å². The molecule has 1 heterocycles. The number of carbonyl (C=O) groups is 2. The largest absolute Gasteiger partial charge is 0.475 e. The van der Waals surface area contributed by atoms with Gasteiger partial charge in [-0.1, -0.05) is 6.92 Å². The average molecular weight is 260 g/mol. The molecule has 1 aromatic carbocycles. The normalized spacial score (nSPS) is 10.9. The minimum Gasteiger partial charge on any atom is -0.475 e. The van der Waals surface area contributed by atoms with Crippen molar-refractivity contribution >= 4 is 22.7 Å². The summed E-state index contributed by atoms with van der Waals surface area (Å²) < 4.78 is 5.32. The number of Topliss-reactive ketones (excluding diaryl/α,β-unsaturated/α-hetero) is 1. The van der Waals surface area contributed by atoms with E-state index in [0.29, 0.717) is 28.5 Å². The van der Waals surface area contributed by atoms with Crippen LogP contribution in [-0.2, 0) is 0 Å². The Balaban J connectivity index is 2.64. The molecular weight excluding hydrogens is 244 g/mol. The van der Waals surface area contributed by atoms with Gasteiger partial charge in [-0.25, -0.2) is 4.79 Å². The smallest absolute Gasteiger partial charge is 0.372 e. The highest BCUT2D eigenvalue weighted by Gasteiger charge is 2.19. The van der Waals surface area contributed by atoms with Crippen molar-refractivity contribution in [2.24, 2.45) is 0 Å². The SMILES string of the molecule is CCCC(=O)c1cc2c(C)c(C(=O)O)oc2cc1C. The summed E-state index contributed by atoms with van der Waals surface area (Å²) in [5, 5.41) is 9.73. The topological polar surface area (TPSA) is 67.5 Å². The maximum absolute atomic E-state index is 12.0. The molecule has 1 aromatic heterocycles. The van der Waals surface area contributed by atoms with Crippen molar-refractivity contribution < 1.29 is 19.1 Å². The van der Waals surface area contributed by atoms with Crippen LogP contribution in [0.3, 0.4) is 0 Å². The number of aryl methyl sites for hydroxylation is 2. The van der Waals surface area contributed by atoms with E-state index in [-0.39, 0.29) is 11.5 Å². The van der Waals surface area contributed by atoms with E-state index in [4.69, 9.17) is 9.52 Å². The molecule has 4 nitrogen and oxygen atoms in total. The lowest BCUT2D eigenvalue weighted by Gasteiger charge is -2.04. The van der Waals surface area contributed by atoms with Gasteiger partial charge in [0.05, 0.1) is 0 Å². The maximum Gasteiger partial charge on any atom is 0.372 e. The first-order valence-corrected chi connectivity index (χ1v) is 6.26. The second kappa shape index (κ2) is 4.88. The number of carboxylic acid groups (broad SMARTS) is 1. The molecule has 0 saturated heterocycles. The zero-order chi connectivity index (χ0) is 14.2. The van der Waals surface area contributed by atoms with Gasteiger partial charge < -0.3 is 9.52 Å². The number of aromatic carboxylic acids is 1. The number of carboxylic acids is 1. The molecule has 0 saturated carbocycles. The standard InChI is InChI=1S/C15H16O4/c1-4-5-12(16)10-7-11-9(3)14(15(17)18)19-13(11)6-8(10)2/h6-7H,4-5H2,1-3H3,(H,17,18). The first-order chi connectivity index (χ1) is 8.95. The number of hydrogen-bond donors (Lipinski definition) is 1. The molecule has 2 rings (SSSR count). The van der Waals surface area contributed by atoms with Crippen LogP contribution in [0.1, 0.15) is 51.8 Å². The van der Waals surface area contributed by atoms with Crippen LogP contribution < -0.4 is 0 Å². The first-order valence-electron chi connectivity index (χ1n) is 6.26. The number of carbonyl (C=O) groups excluding carboxylic acids is 1. The third-order valence-corrected chi connectivity index (χ3v) is 3.25. The van der Waals surface area contributed by atoms with Crippen LogP contribution in [0.4, 0.5) is 0 Å². The quantitative estimate of drug-likeness (QED) is 0.850. The van der Waals surface area contributed by atoms with Crippen molar-refractivity contribution in [1.82, 2.24) is 0 Å². The van der Waals surface area contributed by atoms with Crippen LogP contribution in [0.5, 0.6) is 0 Å².